The first kappa shape index (κ1) is 87.3. The fraction of sp³-hybridized carbons (Fsp3) is 0.302. The van der Waals surface area contributed by atoms with Gasteiger partial charge in [-0.25, -0.2) is 22.8 Å². The summed E-state index contributed by atoms with van der Waals surface area (Å²) in [5, 5.41) is 12.9. The molecule has 5 heteroatoms. The fourth-order valence-corrected chi connectivity index (χ4v) is 18.2. The van der Waals surface area contributed by atoms with E-state index in [4.69, 9.17) is 0 Å². The van der Waals surface area contributed by atoms with Gasteiger partial charge < -0.3 is 0 Å². The molecule has 0 bridgehead atoms. The summed E-state index contributed by atoms with van der Waals surface area (Å²) in [7, 11) is 10.7. The van der Waals surface area contributed by atoms with Gasteiger partial charge in [-0.3, -0.25) is 0 Å². The highest BCUT2D eigenvalue weighted by atomic mass is 14.9. The molecular formula is C116H132N5+5. The molecule has 0 amide bonds. The van der Waals surface area contributed by atoms with Crippen LogP contribution in [-0.2, 0) is 40.7 Å². The van der Waals surface area contributed by atoms with Crippen LogP contribution in [0.1, 0.15) is 206 Å². The van der Waals surface area contributed by atoms with Gasteiger partial charge in [-0.2, -0.15) is 0 Å². The number of aryl methyl sites for hydroxylation is 12. The summed E-state index contributed by atoms with van der Waals surface area (Å²) in [6, 6.07) is 82.9. The van der Waals surface area contributed by atoms with E-state index in [9.17, 15) is 0 Å². The predicted octanol–water partition coefficient (Wildman–Crippen LogP) is 28.3. The van der Waals surface area contributed by atoms with Crippen molar-refractivity contribution < 1.29 is 22.8 Å². The fourth-order valence-electron chi connectivity index (χ4n) is 18.2. The van der Waals surface area contributed by atoms with Gasteiger partial charge in [0, 0.05) is 85.1 Å². The van der Waals surface area contributed by atoms with Crippen molar-refractivity contribution in [1.82, 2.24) is 0 Å². The van der Waals surface area contributed by atoms with Gasteiger partial charge in [0.05, 0.1) is 0 Å². The molecule has 5 aromatic heterocycles. The average Bonchev–Trinajstić information content (AvgIpc) is 1.18. The lowest BCUT2D eigenvalue weighted by molar-refractivity contribution is -0.659. The molecule has 121 heavy (non-hydrogen) atoms. The van der Waals surface area contributed by atoms with E-state index in [0.717, 1.165) is 5.92 Å². The maximum atomic E-state index is 2.46. The summed E-state index contributed by atoms with van der Waals surface area (Å²) >= 11 is 0. The van der Waals surface area contributed by atoms with Crippen LogP contribution in [0.25, 0.3) is 121 Å². The Balaban J connectivity index is 0.000000132. The molecule has 0 spiro atoms. The summed E-state index contributed by atoms with van der Waals surface area (Å²) in [4.78, 5) is 0. The van der Waals surface area contributed by atoms with E-state index in [0.29, 0.717) is 17.8 Å². The Bertz CT molecular complexity index is 6400. The van der Waals surface area contributed by atoms with Crippen molar-refractivity contribution >= 4 is 53.9 Å². The summed E-state index contributed by atoms with van der Waals surface area (Å²) in [6.07, 6.45) is 16.6. The monoisotopic (exact) mass is 1600 g/mol. The molecule has 0 N–H and O–H groups in total. The SMILES string of the molecule is Cc1cc(-c2c(C(C)C)cc(C(C)C)cc2C(C)C)cc(-c2cc3ccccc3c[n+]2C)c1C.Cc1cc(C(C)(C)C)cc(-c2cc3ccccc3c[n+]2C)c1C.Cc1cc(C)c(C)c(-c2cc3ccccc3c[n+]2C)c1.Cc1cc(C)c(C)c(-c2cc3ccccc3c[n+]2C)c1.Cc1cc(C2CCCC2)cc(-c2cc3ccccc3c[n+]2C)c1C. The summed E-state index contributed by atoms with van der Waals surface area (Å²) in [6.45, 7) is 47.4. The van der Waals surface area contributed by atoms with Crippen molar-refractivity contribution in [3.8, 4) is 67.4 Å². The maximum Gasteiger partial charge on any atom is 0.213 e. The molecule has 1 aliphatic carbocycles. The Labute approximate surface area is 724 Å². The number of nitrogens with zero attached hydrogens (tertiary/aromatic N) is 5. The van der Waals surface area contributed by atoms with Gasteiger partial charge in [-0.15, -0.1) is 0 Å². The molecule has 0 aliphatic heterocycles. The van der Waals surface area contributed by atoms with Crippen LogP contribution < -0.4 is 22.8 Å². The van der Waals surface area contributed by atoms with Crippen molar-refractivity contribution in [2.75, 3.05) is 0 Å². The minimum absolute atomic E-state index is 0.155. The normalized spacial score (nSPS) is 12.3. The summed E-state index contributed by atoms with van der Waals surface area (Å²) in [5.41, 5.74) is 39.7. The van der Waals surface area contributed by atoms with Gasteiger partial charge in [0.15, 0.2) is 31.0 Å². The second-order valence-electron chi connectivity index (χ2n) is 37.2. The van der Waals surface area contributed by atoms with E-state index in [2.05, 4.69) is 459 Å². The zero-order valence-electron chi connectivity index (χ0n) is 77.6. The van der Waals surface area contributed by atoms with Crippen LogP contribution in [0.2, 0.25) is 0 Å². The number of hydrogen-bond donors (Lipinski definition) is 0. The van der Waals surface area contributed by atoms with Crippen LogP contribution in [0, 0.1) is 83.1 Å². The average molecular weight is 1600 g/mol. The van der Waals surface area contributed by atoms with E-state index in [1.807, 2.05) is 0 Å². The molecular weight excluding hydrogens is 1460 g/mol. The van der Waals surface area contributed by atoms with E-state index in [1.54, 1.807) is 5.56 Å². The molecule has 1 aliphatic rings. The van der Waals surface area contributed by atoms with Crippen LogP contribution in [0.5, 0.6) is 0 Å². The Morgan fingerprint density at radius 2 is 0.554 bits per heavy atom. The highest BCUT2D eigenvalue weighted by molar-refractivity contribution is 5.90. The molecule has 0 saturated heterocycles. The highest BCUT2D eigenvalue weighted by Gasteiger charge is 2.27. The van der Waals surface area contributed by atoms with E-state index in [1.165, 1.54) is 236 Å². The number of benzene rings is 11. The molecule has 0 unspecified atom stereocenters. The molecule has 0 atom stereocenters. The van der Waals surface area contributed by atoms with Crippen molar-refractivity contribution in [1.29, 1.82) is 0 Å². The minimum Gasteiger partial charge on any atom is -0.200 e. The molecule has 1 fully saturated rings. The summed E-state index contributed by atoms with van der Waals surface area (Å²) < 4.78 is 11.3. The lowest BCUT2D eigenvalue weighted by Crippen LogP contribution is -2.30. The summed E-state index contributed by atoms with van der Waals surface area (Å²) in [5.74, 6) is 2.21. The third kappa shape index (κ3) is 19.3. The number of fused-ring (bicyclic) bond motifs is 5. The zero-order chi connectivity index (χ0) is 86.7. The maximum absolute atomic E-state index is 2.46. The van der Waals surface area contributed by atoms with Crippen molar-refractivity contribution in [2.24, 2.45) is 35.2 Å². The smallest absolute Gasteiger partial charge is 0.200 e. The quantitative estimate of drug-likeness (QED) is 0.122. The molecule has 616 valence electrons. The van der Waals surface area contributed by atoms with E-state index >= 15 is 0 Å². The van der Waals surface area contributed by atoms with Gasteiger partial charge in [0.25, 0.3) is 0 Å². The molecule has 5 nitrogen and oxygen atoms in total. The number of hydrogen-bond acceptors (Lipinski definition) is 0. The largest absolute Gasteiger partial charge is 0.213 e. The topological polar surface area (TPSA) is 19.4 Å². The Kier molecular flexibility index (Phi) is 26.6. The lowest BCUT2D eigenvalue weighted by atomic mass is 9.80. The van der Waals surface area contributed by atoms with E-state index in [-0.39, 0.29) is 5.41 Å². The van der Waals surface area contributed by atoms with Crippen molar-refractivity contribution in [2.45, 2.75) is 200 Å². The first-order chi connectivity index (χ1) is 57.6. The van der Waals surface area contributed by atoms with Crippen molar-refractivity contribution in [3.05, 3.63) is 350 Å². The van der Waals surface area contributed by atoms with Crippen LogP contribution >= 0.6 is 0 Å². The second kappa shape index (κ2) is 36.8. The Hall–Kier alpha value is -11.5. The van der Waals surface area contributed by atoms with Crippen LogP contribution in [0.3, 0.4) is 0 Å². The van der Waals surface area contributed by atoms with Crippen molar-refractivity contribution in [3.63, 3.8) is 0 Å². The molecule has 0 radical (unpaired) electrons. The molecule has 17 rings (SSSR count). The molecule has 11 aromatic carbocycles. The van der Waals surface area contributed by atoms with E-state index < -0.39 is 0 Å². The van der Waals surface area contributed by atoms with Crippen LogP contribution in [0.4, 0.5) is 0 Å². The van der Waals surface area contributed by atoms with Gasteiger partial charge in [0.1, 0.15) is 35.2 Å². The minimum atomic E-state index is 0.155. The lowest BCUT2D eigenvalue weighted by Gasteiger charge is -2.24. The van der Waals surface area contributed by atoms with Crippen LogP contribution in [0.15, 0.2) is 255 Å². The van der Waals surface area contributed by atoms with Crippen LogP contribution in [-0.4, -0.2) is 0 Å². The van der Waals surface area contributed by atoms with Gasteiger partial charge >= 0.3 is 0 Å². The van der Waals surface area contributed by atoms with Gasteiger partial charge in [-0.05, 0) is 307 Å². The number of pyridine rings is 5. The van der Waals surface area contributed by atoms with Gasteiger partial charge in [0.2, 0.25) is 28.5 Å². The Morgan fingerprint density at radius 1 is 0.281 bits per heavy atom. The van der Waals surface area contributed by atoms with Gasteiger partial charge in [-0.1, -0.05) is 220 Å². The second-order valence-corrected chi connectivity index (χ2v) is 37.2. The Morgan fingerprint density at radius 3 is 0.860 bits per heavy atom. The molecule has 5 heterocycles. The molecule has 1 saturated carbocycles. The number of aromatic nitrogens is 5. The first-order valence-electron chi connectivity index (χ1n) is 44.2. The third-order valence-electron chi connectivity index (χ3n) is 26.1. The predicted molar refractivity (Wildman–Crippen MR) is 517 cm³/mol. The standard InChI is InChI=1S/C33H40N.C23H26N.C22H26N.2C19H20N/c1-20(2)27-15-29(21(3)4)33(30(16-27)22(5)6)28-14-23(7)24(8)31(17-28)32-18-25-12-10-11-13-26(25)19-34(32)9;1-16-12-21(18-8-4-5-9-18)13-22(17(16)2)23-14-19-10-6-7-11-20(19)15-24(23)3;1-15-11-19(22(3,4)5)13-20(16(15)2)21-12-17-9-7-8-10-18(17)14-23(21)6;2*1-13-9-14(2)15(3)18(10-13)19-11-16-7-5-6-8-17(16)12-20(19)4/h10-22H,1-9H3;6-7,10-15,18H,4-5,8-9H2,1-3H3;7-14H,1-6H3;2*5-12H,1-4H3/q5*+1. The number of rotatable bonds is 10. The first-order valence-corrected chi connectivity index (χ1v) is 44.2. The zero-order valence-corrected chi connectivity index (χ0v) is 77.6. The highest BCUT2D eigenvalue weighted by Crippen LogP contribution is 2.43. The third-order valence-corrected chi connectivity index (χ3v) is 26.1. The molecule has 16 aromatic rings.